The van der Waals surface area contributed by atoms with Crippen molar-refractivity contribution >= 4 is 32.8 Å². The molecule has 0 amide bonds. The fourth-order valence-corrected chi connectivity index (χ4v) is 3.08. The van der Waals surface area contributed by atoms with E-state index in [9.17, 15) is 4.39 Å². The van der Waals surface area contributed by atoms with Crippen LogP contribution in [-0.2, 0) is 12.1 Å². The average molecular weight is 392 g/mol. The SMILES string of the molecule is CN(Cc1ccc(F)cc1Br)c1ncnc2c1cnn2C(C)(C)C. The highest BCUT2D eigenvalue weighted by molar-refractivity contribution is 9.10. The van der Waals surface area contributed by atoms with Gasteiger partial charge >= 0.3 is 0 Å². The monoisotopic (exact) mass is 391 g/mol. The maximum absolute atomic E-state index is 13.3. The molecule has 0 aliphatic carbocycles. The molecule has 0 bridgehead atoms. The number of hydrogen-bond donors (Lipinski definition) is 0. The van der Waals surface area contributed by atoms with Gasteiger partial charge in [0.25, 0.3) is 0 Å². The summed E-state index contributed by atoms with van der Waals surface area (Å²) in [6.45, 7) is 6.84. The number of nitrogens with zero attached hydrogens (tertiary/aromatic N) is 5. The summed E-state index contributed by atoms with van der Waals surface area (Å²) in [6.07, 6.45) is 3.35. The Morgan fingerprint density at radius 3 is 2.67 bits per heavy atom. The molecular weight excluding hydrogens is 373 g/mol. The van der Waals surface area contributed by atoms with E-state index in [1.54, 1.807) is 18.6 Å². The van der Waals surface area contributed by atoms with E-state index in [2.05, 4.69) is 51.8 Å². The molecule has 0 N–H and O–H groups in total. The number of fused-ring (bicyclic) bond motifs is 1. The minimum Gasteiger partial charge on any atom is -0.355 e. The van der Waals surface area contributed by atoms with Crippen molar-refractivity contribution in [3.63, 3.8) is 0 Å². The van der Waals surface area contributed by atoms with Gasteiger partial charge in [0.1, 0.15) is 18.0 Å². The second-order valence-corrected chi connectivity index (χ2v) is 7.61. The third kappa shape index (κ3) is 3.13. The molecule has 7 heteroatoms. The van der Waals surface area contributed by atoms with Gasteiger partial charge in [0.05, 0.1) is 17.1 Å². The van der Waals surface area contributed by atoms with E-state index in [0.29, 0.717) is 6.54 Å². The number of halogens is 2. The highest BCUT2D eigenvalue weighted by atomic mass is 79.9. The van der Waals surface area contributed by atoms with Gasteiger partial charge in [-0.05, 0) is 38.5 Å². The molecule has 0 radical (unpaired) electrons. The van der Waals surface area contributed by atoms with Crippen LogP contribution in [0.1, 0.15) is 26.3 Å². The standard InChI is InChI=1S/C17H19BrFN5/c1-17(2,3)24-16-13(8-22-24)15(20-10-21-16)23(4)9-11-5-6-12(19)7-14(11)18/h5-8,10H,9H2,1-4H3. The van der Waals surface area contributed by atoms with Crippen molar-refractivity contribution in [2.75, 3.05) is 11.9 Å². The Kier molecular flexibility index (Phi) is 4.29. The topological polar surface area (TPSA) is 46.8 Å². The first kappa shape index (κ1) is 16.8. The molecule has 2 aromatic heterocycles. The Morgan fingerprint density at radius 2 is 2.00 bits per heavy atom. The van der Waals surface area contributed by atoms with Crippen LogP contribution in [0.3, 0.4) is 0 Å². The van der Waals surface area contributed by atoms with Crippen molar-refractivity contribution in [1.82, 2.24) is 19.7 Å². The molecule has 0 atom stereocenters. The molecule has 0 aliphatic heterocycles. The molecule has 3 rings (SSSR count). The molecular formula is C17H19BrFN5. The van der Waals surface area contributed by atoms with Crippen LogP contribution in [0.25, 0.3) is 11.0 Å². The van der Waals surface area contributed by atoms with E-state index < -0.39 is 0 Å². The molecule has 1 aromatic carbocycles. The summed E-state index contributed by atoms with van der Waals surface area (Å²) >= 11 is 3.41. The van der Waals surface area contributed by atoms with Crippen LogP contribution < -0.4 is 4.90 Å². The molecule has 5 nitrogen and oxygen atoms in total. The molecule has 24 heavy (non-hydrogen) atoms. The first-order valence-corrected chi connectivity index (χ1v) is 8.41. The molecule has 0 spiro atoms. The van der Waals surface area contributed by atoms with E-state index >= 15 is 0 Å². The second kappa shape index (κ2) is 6.12. The van der Waals surface area contributed by atoms with Crippen molar-refractivity contribution in [3.05, 3.63) is 46.6 Å². The van der Waals surface area contributed by atoms with Crippen LogP contribution in [0.5, 0.6) is 0 Å². The number of hydrogen-bond acceptors (Lipinski definition) is 4. The second-order valence-electron chi connectivity index (χ2n) is 6.75. The molecule has 126 valence electrons. The zero-order chi connectivity index (χ0) is 17.5. The van der Waals surface area contributed by atoms with Crippen LogP contribution in [-0.4, -0.2) is 26.8 Å². The van der Waals surface area contributed by atoms with Crippen LogP contribution >= 0.6 is 15.9 Å². The lowest BCUT2D eigenvalue weighted by Crippen LogP contribution is -2.23. The third-order valence-corrected chi connectivity index (χ3v) is 4.50. The number of benzene rings is 1. The van der Waals surface area contributed by atoms with Gasteiger partial charge in [0.15, 0.2) is 5.65 Å². The Bertz CT molecular complexity index is 884. The largest absolute Gasteiger partial charge is 0.355 e. The molecule has 0 saturated carbocycles. The quantitative estimate of drug-likeness (QED) is 0.673. The summed E-state index contributed by atoms with van der Waals surface area (Å²) in [6, 6.07) is 4.70. The maximum atomic E-state index is 13.3. The normalized spacial score (nSPS) is 11.9. The zero-order valence-electron chi connectivity index (χ0n) is 14.1. The number of rotatable bonds is 3. The summed E-state index contributed by atoms with van der Waals surface area (Å²) in [7, 11) is 1.95. The lowest BCUT2D eigenvalue weighted by atomic mass is 10.1. The van der Waals surface area contributed by atoms with Gasteiger partial charge in [0.2, 0.25) is 0 Å². The Hall–Kier alpha value is -2.02. The van der Waals surface area contributed by atoms with E-state index in [1.807, 2.05) is 16.6 Å². The molecule has 3 aromatic rings. The fourth-order valence-electron chi connectivity index (χ4n) is 2.61. The smallest absolute Gasteiger partial charge is 0.163 e. The van der Waals surface area contributed by atoms with E-state index in [-0.39, 0.29) is 11.4 Å². The first-order valence-electron chi connectivity index (χ1n) is 7.61. The van der Waals surface area contributed by atoms with E-state index in [4.69, 9.17) is 0 Å². The fraction of sp³-hybridized carbons (Fsp3) is 0.353. The lowest BCUT2D eigenvalue weighted by molar-refractivity contribution is 0.366. The Labute approximate surface area is 148 Å². The zero-order valence-corrected chi connectivity index (χ0v) is 15.7. The van der Waals surface area contributed by atoms with Gasteiger partial charge in [-0.15, -0.1) is 0 Å². The van der Waals surface area contributed by atoms with Gasteiger partial charge in [-0.2, -0.15) is 5.10 Å². The summed E-state index contributed by atoms with van der Waals surface area (Å²) in [4.78, 5) is 10.8. The summed E-state index contributed by atoms with van der Waals surface area (Å²) in [5.74, 6) is 0.538. The van der Waals surface area contributed by atoms with Crippen molar-refractivity contribution in [2.24, 2.45) is 0 Å². The lowest BCUT2D eigenvalue weighted by Gasteiger charge is -2.21. The van der Waals surface area contributed by atoms with Crippen molar-refractivity contribution in [1.29, 1.82) is 0 Å². The molecule has 2 heterocycles. The van der Waals surface area contributed by atoms with E-state index in [0.717, 1.165) is 26.9 Å². The summed E-state index contributed by atoms with van der Waals surface area (Å²) in [5.41, 5.74) is 1.62. The first-order chi connectivity index (χ1) is 11.3. The van der Waals surface area contributed by atoms with Crippen molar-refractivity contribution in [2.45, 2.75) is 32.9 Å². The molecule has 0 fully saturated rings. The van der Waals surface area contributed by atoms with Gasteiger partial charge in [0, 0.05) is 18.1 Å². The Balaban J connectivity index is 1.98. The minimum absolute atomic E-state index is 0.161. The van der Waals surface area contributed by atoms with Gasteiger partial charge in [-0.3, -0.25) is 0 Å². The van der Waals surface area contributed by atoms with Crippen LogP contribution in [0, 0.1) is 5.82 Å². The van der Waals surface area contributed by atoms with Crippen LogP contribution in [0.2, 0.25) is 0 Å². The highest BCUT2D eigenvalue weighted by Gasteiger charge is 2.20. The number of aromatic nitrogens is 4. The van der Waals surface area contributed by atoms with Crippen molar-refractivity contribution in [3.8, 4) is 0 Å². The van der Waals surface area contributed by atoms with Crippen LogP contribution in [0.15, 0.2) is 35.2 Å². The molecule has 0 aliphatic rings. The highest BCUT2D eigenvalue weighted by Crippen LogP contribution is 2.27. The average Bonchev–Trinajstić information content (AvgIpc) is 2.94. The van der Waals surface area contributed by atoms with Gasteiger partial charge in [-0.1, -0.05) is 22.0 Å². The predicted molar refractivity (Wildman–Crippen MR) is 96.5 cm³/mol. The van der Waals surface area contributed by atoms with Crippen LogP contribution in [0.4, 0.5) is 10.2 Å². The van der Waals surface area contributed by atoms with Crippen molar-refractivity contribution < 1.29 is 4.39 Å². The predicted octanol–water partition coefficient (Wildman–Crippen LogP) is 4.12. The molecule has 0 unspecified atom stereocenters. The minimum atomic E-state index is -0.260. The van der Waals surface area contributed by atoms with E-state index in [1.165, 1.54) is 12.1 Å². The number of anilines is 1. The van der Waals surface area contributed by atoms with Gasteiger partial charge < -0.3 is 4.90 Å². The van der Waals surface area contributed by atoms with Gasteiger partial charge in [-0.25, -0.2) is 19.0 Å². The summed E-state index contributed by atoms with van der Waals surface area (Å²) < 4.78 is 15.9. The Morgan fingerprint density at radius 1 is 1.25 bits per heavy atom. The third-order valence-electron chi connectivity index (χ3n) is 3.76. The molecule has 0 saturated heterocycles. The maximum Gasteiger partial charge on any atom is 0.163 e. The summed E-state index contributed by atoms with van der Waals surface area (Å²) in [5, 5.41) is 5.37.